The molecule has 4 N–H and O–H groups in total. The Labute approximate surface area is 270 Å². The molecule has 252 valence electrons. The lowest BCUT2D eigenvalue weighted by molar-refractivity contribution is -0.0674. The molecule has 0 spiro atoms. The standard InChI is InChI=1S/2C20H34O2/c2*1-18(2)9-5-10-20(4)15-8-11-19(3,17(22)13-21)12-14(15)6-7-16(18)20/h2*12,15-17,21-22H,5-11,13H2,1-4H3/t2*15-,16-,17-,19+,20+/m11/s1. The maximum atomic E-state index is 10.2. The molecule has 0 amide bonds. The summed E-state index contributed by atoms with van der Waals surface area (Å²) in [7, 11) is 0. The Kier molecular flexibility index (Phi) is 9.52. The van der Waals surface area contributed by atoms with E-state index in [0.717, 1.165) is 24.7 Å². The highest BCUT2D eigenvalue weighted by Gasteiger charge is 2.56. The van der Waals surface area contributed by atoms with E-state index in [1.54, 1.807) is 11.1 Å². The van der Waals surface area contributed by atoms with Gasteiger partial charge in [0.05, 0.1) is 25.4 Å². The summed E-state index contributed by atoms with van der Waals surface area (Å²) >= 11 is 0. The van der Waals surface area contributed by atoms with Gasteiger partial charge in [-0.3, -0.25) is 0 Å². The predicted octanol–water partition coefficient (Wildman–Crippen LogP) is 8.62. The fourth-order valence-electron chi connectivity index (χ4n) is 12.6. The number of allylic oxidation sites excluding steroid dienone is 2. The normalized spacial score (nSPS) is 45.5. The van der Waals surface area contributed by atoms with Crippen molar-refractivity contribution >= 4 is 0 Å². The first-order chi connectivity index (χ1) is 20.5. The van der Waals surface area contributed by atoms with Crippen LogP contribution in [0.3, 0.4) is 0 Å². The van der Waals surface area contributed by atoms with Crippen LogP contribution in [0.15, 0.2) is 23.3 Å². The minimum Gasteiger partial charge on any atom is -0.394 e. The van der Waals surface area contributed by atoms with Gasteiger partial charge in [-0.15, -0.1) is 0 Å². The van der Waals surface area contributed by atoms with Crippen LogP contribution in [0.25, 0.3) is 0 Å². The molecule has 0 radical (unpaired) electrons. The van der Waals surface area contributed by atoms with Gasteiger partial charge in [0.15, 0.2) is 0 Å². The van der Waals surface area contributed by atoms with E-state index in [1.165, 1.54) is 77.0 Å². The van der Waals surface area contributed by atoms with E-state index < -0.39 is 12.2 Å². The topological polar surface area (TPSA) is 80.9 Å². The van der Waals surface area contributed by atoms with Gasteiger partial charge >= 0.3 is 0 Å². The number of rotatable bonds is 4. The third-order valence-electron chi connectivity index (χ3n) is 15.3. The predicted molar refractivity (Wildman–Crippen MR) is 181 cm³/mol. The first-order valence-electron chi connectivity index (χ1n) is 18.5. The Morgan fingerprint density at radius 3 is 1.27 bits per heavy atom. The Bertz CT molecular complexity index is 1020. The molecule has 0 aromatic carbocycles. The Morgan fingerprint density at radius 2 is 0.932 bits per heavy atom. The van der Waals surface area contributed by atoms with Crippen LogP contribution < -0.4 is 0 Å². The van der Waals surface area contributed by atoms with Gasteiger partial charge in [0.1, 0.15) is 0 Å². The molecule has 4 fully saturated rings. The molecule has 6 aliphatic rings. The molecule has 0 aromatic rings. The van der Waals surface area contributed by atoms with Crippen LogP contribution in [-0.2, 0) is 0 Å². The Balaban J connectivity index is 0.000000175. The molecular weight excluding hydrogens is 544 g/mol. The van der Waals surface area contributed by atoms with Crippen molar-refractivity contribution in [2.45, 2.75) is 157 Å². The van der Waals surface area contributed by atoms with Crippen LogP contribution in [0.2, 0.25) is 0 Å². The number of aliphatic hydroxyl groups is 4. The van der Waals surface area contributed by atoms with Crippen molar-refractivity contribution in [2.24, 2.45) is 56.2 Å². The first kappa shape index (κ1) is 34.6. The molecule has 6 aliphatic carbocycles. The molecular formula is C40H68O4. The van der Waals surface area contributed by atoms with Crippen LogP contribution in [0.5, 0.6) is 0 Å². The van der Waals surface area contributed by atoms with Crippen LogP contribution in [0, 0.1) is 56.2 Å². The lowest BCUT2D eigenvalue weighted by Gasteiger charge is -2.60. The zero-order valence-corrected chi connectivity index (χ0v) is 29.7. The van der Waals surface area contributed by atoms with Crippen molar-refractivity contribution in [1.82, 2.24) is 0 Å². The molecule has 6 rings (SSSR count). The monoisotopic (exact) mass is 613 g/mol. The molecule has 0 bridgehead atoms. The number of hydrogen-bond donors (Lipinski definition) is 4. The van der Waals surface area contributed by atoms with Crippen LogP contribution in [0.1, 0.15) is 145 Å². The molecule has 44 heavy (non-hydrogen) atoms. The lowest BCUT2D eigenvalue weighted by atomic mass is 9.45. The van der Waals surface area contributed by atoms with Crippen LogP contribution >= 0.6 is 0 Å². The van der Waals surface area contributed by atoms with E-state index in [0.29, 0.717) is 33.5 Å². The number of aliphatic hydroxyl groups excluding tert-OH is 4. The summed E-state index contributed by atoms with van der Waals surface area (Å²) in [4.78, 5) is 0. The molecule has 4 nitrogen and oxygen atoms in total. The third kappa shape index (κ3) is 5.83. The second-order valence-corrected chi connectivity index (χ2v) is 18.9. The van der Waals surface area contributed by atoms with E-state index >= 15 is 0 Å². The second kappa shape index (κ2) is 12.1. The zero-order chi connectivity index (χ0) is 32.3. The van der Waals surface area contributed by atoms with Crippen molar-refractivity contribution < 1.29 is 20.4 Å². The highest BCUT2D eigenvalue weighted by atomic mass is 16.3. The highest BCUT2D eigenvalue weighted by Crippen LogP contribution is 2.65. The molecule has 0 saturated heterocycles. The number of fused-ring (bicyclic) bond motifs is 6. The van der Waals surface area contributed by atoms with Crippen molar-refractivity contribution in [3.63, 3.8) is 0 Å². The average Bonchev–Trinajstić information content (AvgIpc) is 2.95. The van der Waals surface area contributed by atoms with Gasteiger partial charge in [-0.05, 0) is 122 Å². The van der Waals surface area contributed by atoms with Crippen molar-refractivity contribution in [2.75, 3.05) is 13.2 Å². The summed E-state index contributed by atoms with van der Waals surface area (Å²) < 4.78 is 0. The van der Waals surface area contributed by atoms with E-state index in [1.807, 2.05) is 0 Å². The summed E-state index contributed by atoms with van der Waals surface area (Å²) in [5, 5.41) is 39.2. The molecule has 0 aliphatic heterocycles. The molecule has 10 atom stereocenters. The average molecular weight is 613 g/mol. The quantitative estimate of drug-likeness (QED) is 0.240. The summed E-state index contributed by atoms with van der Waals surface area (Å²) in [6, 6.07) is 0. The molecule has 0 aromatic heterocycles. The van der Waals surface area contributed by atoms with Gasteiger partial charge in [-0.2, -0.15) is 0 Å². The molecule has 0 unspecified atom stereocenters. The maximum Gasteiger partial charge on any atom is 0.0858 e. The zero-order valence-electron chi connectivity index (χ0n) is 29.7. The molecule has 0 heterocycles. The summed E-state index contributed by atoms with van der Waals surface area (Å²) in [6.45, 7) is 19.0. The Morgan fingerprint density at radius 1 is 0.568 bits per heavy atom. The van der Waals surface area contributed by atoms with Crippen LogP contribution in [0.4, 0.5) is 0 Å². The van der Waals surface area contributed by atoms with E-state index in [-0.39, 0.29) is 24.0 Å². The van der Waals surface area contributed by atoms with Crippen LogP contribution in [-0.4, -0.2) is 45.8 Å². The van der Waals surface area contributed by atoms with Gasteiger partial charge < -0.3 is 20.4 Å². The summed E-state index contributed by atoms with van der Waals surface area (Å²) in [5.41, 5.74) is 4.54. The van der Waals surface area contributed by atoms with Gasteiger partial charge in [0, 0.05) is 10.8 Å². The highest BCUT2D eigenvalue weighted by molar-refractivity contribution is 5.26. The molecule has 4 heteroatoms. The first-order valence-corrected chi connectivity index (χ1v) is 18.5. The largest absolute Gasteiger partial charge is 0.394 e. The summed E-state index contributed by atoms with van der Waals surface area (Å²) in [6.07, 6.45) is 21.0. The molecule has 4 saturated carbocycles. The van der Waals surface area contributed by atoms with Gasteiger partial charge in [0.25, 0.3) is 0 Å². The minimum absolute atomic E-state index is 0.127. The van der Waals surface area contributed by atoms with E-state index in [4.69, 9.17) is 0 Å². The third-order valence-corrected chi connectivity index (χ3v) is 15.3. The summed E-state index contributed by atoms with van der Waals surface area (Å²) in [5.74, 6) is 3.07. The second-order valence-electron chi connectivity index (χ2n) is 18.9. The number of hydrogen-bond acceptors (Lipinski definition) is 4. The van der Waals surface area contributed by atoms with E-state index in [2.05, 4.69) is 67.5 Å². The van der Waals surface area contributed by atoms with Crippen molar-refractivity contribution in [3.8, 4) is 0 Å². The maximum absolute atomic E-state index is 10.2. The SMILES string of the molecule is CC1(C)CCC[C@@]2(C)[C@@H]3CC[C@](C)([C@H](O)CO)C=C3CC[C@H]12.CC1(C)CCC[C@@]2(C)[C@@H]3CC[C@](C)([C@H](O)CO)C=C3CC[C@H]12. The Hall–Kier alpha value is -0.680. The van der Waals surface area contributed by atoms with Crippen molar-refractivity contribution in [1.29, 1.82) is 0 Å². The van der Waals surface area contributed by atoms with Gasteiger partial charge in [-0.25, -0.2) is 0 Å². The fraction of sp³-hybridized carbons (Fsp3) is 0.900. The van der Waals surface area contributed by atoms with Crippen molar-refractivity contribution in [3.05, 3.63) is 23.3 Å². The minimum atomic E-state index is -0.616. The lowest BCUT2D eigenvalue weighted by Crippen LogP contribution is -2.51. The van der Waals surface area contributed by atoms with Gasteiger partial charge in [-0.1, -0.05) is 91.5 Å². The van der Waals surface area contributed by atoms with Gasteiger partial charge in [0.2, 0.25) is 0 Å². The fourth-order valence-corrected chi connectivity index (χ4v) is 12.6. The van der Waals surface area contributed by atoms with E-state index in [9.17, 15) is 20.4 Å². The smallest absolute Gasteiger partial charge is 0.0858 e.